The quantitative estimate of drug-likeness (QED) is 0.710. The second-order valence-electron chi connectivity index (χ2n) is 6.31. The van der Waals surface area contributed by atoms with Gasteiger partial charge in [0.15, 0.2) is 5.13 Å². The van der Waals surface area contributed by atoms with Gasteiger partial charge in [-0.25, -0.2) is 4.98 Å². The largest absolute Gasteiger partial charge is 0.379 e. The fraction of sp³-hybridized carbons (Fsp3) is 0.286. The molecule has 0 bridgehead atoms. The molecule has 134 valence electrons. The number of benzene rings is 2. The van der Waals surface area contributed by atoms with Gasteiger partial charge in [0.2, 0.25) is 0 Å². The smallest absolute Gasteiger partial charge is 0.183 e. The molecule has 5 heteroatoms. The highest BCUT2D eigenvalue weighted by atomic mass is 32.1. The van der Waals surface area contributed by atoms with E-state index >= 15 is 0 Å². The highest BCUT2D eigenvalue weighted by Gasteiger charge is 2.15. The summed E-state index contributed by atoms with van der Waals surface area (Å²) >= 11 is 1.73. The highest BCUT2D eigenvalue weighted by Crippen LogP contribution is 2.38. The van der Waals surface area contributed by atoms with Crippen LogP contribution in [-0.4, -0.2) is 49.3 Å². The third-order valence-electron chi connectivity index (χ3n) is 4.52. The third-order valence-corrected chi connectivity index (χ3v) is 5.58. The summed E-state index contributed by atoms with van der Waals surface area (Å²) in [6, 6.07) is 20.9. The van der Waals surface area contributed by atoms with Gasteiger partial charge in [0.1, 0.15) is 0 Å². The van der Waals surface area contributed by atoms with Crippen molar-refractivity contribution in [1.29, 1.82) is 0 Å². The van der Waals surface area contributed by atoms with E-state index in [1.165, 1.54) is 10.4 Å². The number of hydrogen-bond acceptors (Lipinski definition) is 5. The molecule has 0 aliphatic carbocycles. The van der Waals surface area contributed by atoms with Crippen LogP contribution in [0.3, 0.4) is 0 Å². The molecular formula is C21H23N3OS. The van der Waals surface area contributed by atoms with Gasteiger partial charge in [-0.15, -0.1) is 0 Å². The molecule has 1 saturated heterocycles. The molecule has 0 amide bonds. The van der Waals surface area contributed by atoms with Crippen LogP contribution in [0.1, 0.15) is 0 Å². The molecule has 0 saturated carbocycles. The third kappa shape index (κ3) is 4.12. The van der Waals surface area contributed by atoms with Gasteiger partial charge in [-0.1, -0.05) is 72.0 Å². The van der Waals surface area contributed by atoms with E-state index in [1.54, 1.807) is 11.3 Å². The molecule has 2 heterocycles. The predicted molar refractivity (Wildman–Crippen MR) is 109 cm³/mol. The minimum atomic E-state index is 0.841. The second kappa shape index (κ2) is 8.45. The summed E-state index contributed by atoms with van der Waals surface area (Å²) in [5, 5.41) is 4.50. The van der Waals surface area contributed by atoms with Crippen LogP contribution < -0.4 is 5.32 Å². The van der Waals surface area contributed by atoms with Crippen LogP contribution in [0.15, 0.2) is 60.7 Å². The number of rotatable bonds is 6. The van der Waals surface area contributed by atoms with Crippen molar-refractivity contribution in [2.45, 2.75) is 0 Å². The van der Waals surface area contributed by atoms with Gasteiger partial charge in [0, 0.05) is 31.7 Å². The maximum Gasteiger partial charge on any atom is 0.183 e. The van der Waals surface area contributed by atoms with Crippen LogP contribution in [0, 0.1) is 0 Å². The topological polar surface area (TPSA) is 37.4 Å². The van der Waals surface area contributed by atoms with Crippen molar-refractivity contribution in [1.82, 2.24) is 9.88 Å². The summed E-state index contributed by atoms with van der Waals surface area (Å²) in [5.41, 5.74) is 3.42. The number of aromatic nitrogens is 1. The van der Waals surface area contributed by atoms with Gasteiger partial charge in [0.05, 0.1) is 23.8 Å². The van der Waals surface area contributed by atoms with Crippen molar-refractivity contribution in [3.63, 3.8) is 0 Å². The van der Waals surface area contributed by atoms with Crippen LogP contribution >= 0.6 is 11.3 Å². The maximum atomic E-state index is 5.41. The summed E-state index contributed by atoms with van der Waals surface area (Å²) in [6.07, 6.45) is 0. The normalized spacial score (nSPS) is 15.1. The fourth-order valence-corrected chi connectivity index (χ4v) is 4.14. The lowest BCUT2D eigenvalue weighted by Crippen LogP contribution is -2.38. The van der Waals surface area contributed by atoms with Crippen molar-refractivity contribution in [2.75, 3.05) is 44.7 Å². The average molecular weight is 366 g/mol. The first-order chi connectivity index (χ1) is 12.9. The van der Waals surface area contributed by atoms with E-state index in [9.17, 15) is 0 Å². The zero-order valence-electron chi connectivity index (χ0n) is 14.7. The monoisotopic (exact) mass is 365 g/mol. The summed E-state index contributed by atoms with van der Waals surface area (Å²) in [7, 11) is 0. The molecule has 0 spiro atoms. The summed E-state index contributed by atoms with van der Waals surface area (Å²) < 4.78 is 5.41. The number of morpholine rings is 1. The fourth-order valence-electron chi connectivity index (χ4n) is 3.12. The zero-order valence-corrected chi connectivity index (χ0v) is 15.5. The summed E-state index contributed by atoms with van der Waals surface area (Å²) in [4.78, 5) is 8.55. The molecule has 4 nitrogen and oxygen atoms in total. The van der Waals surface area contributed by atoms with Crippen LogP contribution in [0.25, 0.3) is 21.7 Å². The number of hydrogen-bond donors (Lipinski definition) is 1. The van der Waals surface area contributed by atoms with Crippen molar-refractivity contribution in [3.8, 4) is 21.7 Å². The molecule has 1 aliphatic rings. The van der Waals surface area contributed by atoms with E-state index in [0.717, 1.165) is 55.8 Å². The van der Waals surface area contributed by atoms with E-state index in [4.69, 9.17) is 9.72 Å². The number of nitrogens with one attached hydrogen (secondary N) is 1. The molecule has 2 aromatic carbocycles. The number of thiazole rings is 1. The Bertz CT molecular complexity index is 757. The van der Waals surface area contributed by atoms with Crippen molar-refractivity contribution < 1.29 is 4.74 Å². The number of ether oxygens (including phenoxy) is 1. The van der Waals surface area contributed by atoms with Gasteiger partial charge in [-0.05, 0) is 5.56 Å². The Morgan fingerprint density at radius 2 is 1.58 bits per heavy atom. The first-order valence-electron chi connectivity index (χ1n) is 9.06. The van der Waals surface area contributed by atoms with Gasteiger partial charge >= 0.3 is 0 Å². The van der Waals surface area contributed by atoms with Crippen molar-refractivity contribution >= 4 is 16.5 Å². The van der Waals surface area contributed by atoms with Gasteiger partial charge in [-0.2, -0.15) is 0 Å². The first-order valence-corrected chi connectivity index (χ1v) is 9.87. The van der Waals surface area contributed by atoms with Gasteiger partial charge < -0.3 is 10.1 Å². The lowest BCUT2D eigenvalue weighted by molar-refractivity contribution is 0.0398. The Morgan fingerprint density at radius 1 is 0.923 bits per heavy atom. The molecule has 26 heavy (non-hydrogen) atoms. The molecule has 0 radical (unpaired) electrons. The summed E-state index contributed by atoms with van der Waals surface area (Å²) in [5.74, 6) is 0. The van der Waals surface area contributed by atoms with Crippen LogP contribution in [-0.2, 0) is 4.74 Å². The predicted octanol–water partition coefficient (Wildman–Crippen LogP) is 4.22. The van der Waals surface area contributed by atoms with Gasteiger partial charge in [-0.3, -0.25) is 4.90 Å². The Labute approximate surface area is 158 Å². The molecule has 1 aromatic heterocycles. The minimum absolute atomic E-state index is 0.841. The van der Waals surface area contributed by atoms with E-state index in [0.29, 0.717) is 0 Å². The van der Waals surface area contributed by atoms with E-state index in [2.05, 4.69) is 58.7 Å². The molecule has 1 N–H and O–H groups in total. The molecule has 1 aliphatic heterocycles. The minimum Gasteiger partial charge on any atom is -0.379 e. The average Bonchev–Trinajstić information content (AvgIpc) is 3.14. The highest BCUT2D eigenvalue weighted by molar-refractivity contribution is 7.19. The van der Waals surface area contributed by atoms with Crippen LogP contribution in [0.2, 0.25) is 0 Å². The lowest BCUT2D eigenvalue weighted by atomic mass is 10.1. The molecule has 1 fully saturated rings. The zero-order chi connectivity index (χ0) is 17.6. The van der Waals surface area contributed by atoms with Crippen LogP contribution in [0.5, 0.6) is 0 Å². The Kier molecular flexibility index (Phi) is 5.59. The Morgan fingerprint density at radius 3 is 2.27 bits per heavy atom. The first kappa shape index (κ1) is 17.2. The molecule has 4 rings (SSSR count). The standard InChI is InChI=1S/C21H23N3OS/c1-3-7-17(8-4-1)19-20(18-9-5-2-6-10-18)26-21(23-19)22-11-12-24-13-15-25-16-14-24/h1-10H,11-16H2,(H,22,23). The molecule has 3 aromatic rings. The molecular weight excluding hydrogens is 342 g/mol. The second-order valence-corrected chi connectivity index (χ2v) is 7.31. The molecule has 0 unspecified atom stereocenters. The van der Waals surface area contributed by atoms with E-state index in [-0.39, 0.29) is 0 Å². The summed E-state index contributed by atoms with van der Waals surface area (Å²) in [6.45, 7) is 5.63. The SMILES string of the molecule is c1ccc(-c2nc(NCCN3CCOCC3)sc2-c2ccccc2)cc1. The lowest BCUT2D eigenvalue weighted by Gasteiger charge is -2.26. The van der Waals surface area contributed by atoms with Crippen molar-refractivity contribution in [2.24, 2.45) is 0 Å². The van der Waals surface area contributed by atoms with Gasteiger partial charge in [0.25, 0.3) is 0 Å². The van der Waals surface area contributed by atoms with Crippen LogP contribution in [0.4, 0.5) is 5.13 Å². The van der Waals surface area contributed by atoms with Crippen molar-refractivity contribution in [3.05, 3.63) is 60.7 Å². The Balaban J connectivity index is 1.53. The number of anilines is 1. The number of nitrogens with zero attached hydrogens (tertiary/aromatic N) is 2. The van der Waals surface area contributed by atoms with E-state index in [1.807, 2.05) is 12.1 Å². The molecule has 0 atom stereocenters. The Hall–Kier alpha value is -2.21. The maximum absolute atomic E-state index is 5.41. The van der Waals surface area contributed by atoms with E-state index < -0.39 is 0 Å².